The maximum Gasteiger partial charge on any atom is 0.306 e. The van der Waals surface area contributed by atoms with Crippen molar-refractivity contribution in [2.75, 3.05) is 11.4 Å². The van der Waals surface area contributed by atoms with Gasteiger partial charge in [-0.1, -0.05) is 12.1 Å². The lowest BCUT2D eigenvalue weighted by Gasteiger charge is -2.24. The second kappa shape index (κ2) is 6.03. The van der Waals surface area contributed by atoms with E-state index in [-0.39, 0.29) is 17.5 Å². The number of hydrogen-bond donors (Lipinski definition) is 1. The van der Waals surface area contributed by atoms with Crippen molar-refractivity contribution in [1.82, 2.24) is 0 Å². The Labute approximate surface area is 117 Å². The van der Waals surface area contributed by atoms with Crippen LogP contribution < -0.4 is 4.90 Å². The van der Waals surface area contributed by atoms with Gasteiger partial charge >= 0.3 is 5.97 Å². The molecule has 1 amide bonds. The first-order valence-corrected chi connectivity index (χ1v) is 6.83. The van der Waals surface area contributed by atoms with Crippen molar-refractivity contribution in [3.05, 3.63) is 30.1 Å². The van der Waals surface area contributed by atoms with Crippen LogP contribution >= 0.6 is 0 Å². The van der Waals surface area contributed by atoms with Crippen LogP contribution in [0.3, 0.4) is 0 Å². The molecule has 1 fully saturated rings. The van der Waals surface area contributed by atoms with Crippen LogP contribution in [0.5, 0.6) is 0 Å². The van der Waals surface area contributed by atoms with E-state index in [0.717, 1.165) is 0 Å². The van der Waals surface area contributed by atoms with Crippen LogP contribution in [0.4, 0.5) is 10.1 Å². The zero-order chi connectivity index (χ0) is 14.7. The summed E-state index contributed by atoms with van der Waals surface area (Å²) in [6.07, 6.45) is 1.42. The molecule has 2 rings (SSSR count). The summed E-state index contributed by atoms with van der Waals surface area (Å²) in [5.74, 6) is -2.25. The summed E-state index contributed by atoms with van der Waals surface area (Å²) in [5, 5.41) is 8.98. The number of rotatable bonds is 4. The first-order chi connectivity index (χ1) is 9.54. The smallest absolute Gasteiger partial charge is 0.306 e. The van der Waals surface area contributed by atoms with Gasteiger partial charge in [-0.25, -0.2) is 4.39 Å². The molecule has 20 heavy (non-hydrogen) atoms. The highest BCUT2D eigenvalue weighted by atomic mass is 19.1. The molecule has 0 bridgehead atoms. The van der Waals surface area contributed by atoms with E-state index in [1.165, 1.54) is 11.0 Å². The number of halogens is 1. The van der Waals surface area contributed by atoms with Gasteiger partial charge in [0, 0.05) is 12.5 Å². The van der Waals surface area contributed by atoms with Gasteiger partial charge < -0.3 is 10.0 Å². The first kappa shape index (κ1) is 14.5. The zero-order valence-electron chi connectivity index (χ0n) is 11.4. The predicted octanol–water partition coefficient (Wildman–Crippen LogP) is 2.68. The minimum Gasteiger partial charge on any atom is -0.481 e. The summed E-state index contributed by atoms with van der Waals surface area (Å²) >= 11 is 0. The lowest BCUT2D eigenvalue weighted by atomic mass is 10.0. The summed E-state index contributed by atoms with van der Waals surface area (Å²) in [6, 6.07) is 6.15. The number of hydrogen-bond acceptors (Lipinski definition) is 2. The highest BCUT2D eigenvalue weighted by molar-refractivity contribution is 5.95. The summed E-state index contributed by atoms with van der Waals surface area (Å²) in [7, 11) is 0. The number of carboxylic acids is 1. The lowest BCUT2D eigenvalue weighted by molar-refractivity contribution is -0.141. The van der Waals surface area contributed by atoms with Crippen LogP contribution in [0.25, 0.3) is 0 Å². The Hall–Kier alpha value is -1.91. The number of amides is 1. The molecular formula is C15H18FNO3. The fourth-order valence-corrected chi connectivity index (χ4v) is 2.77. The molecule has 1 aromatic rings. The molecule has 0 aromatic heterocycles. The topological polar surface area (TPSA) is 57.6 Å². The molecule has 4 nitrogen and oxygen atoms in total. The summed E-state index contributed by atoms with van der Waals surface area (Å²) in [6.45, 7) is 2.15. The van der Waals surface area contributed by atoms with Crippen LogP contribution in [-0.4, -0.2) is 23.5 Å². The average Bonchev–Trinajstić information content (AvgIpc) is 2.91. The van der Waals surface area contributed by atoms with Crippen LogP contribution in [0.1, 0.15) is 26.2 Å². The summed E-state index contributed by atoms with van der Waals surface area (Å²) in [4.78, 5) is 24.8. The van der Waals surface area contributed by atoms with E-state index in [1.807, 2.05) is 0 Å². The molecule has 2 atom stereocenters. The molecule has 0 heterocycles. The third-order valence-corrected chi connectivity index (χ3v) is 3.86. The Morgan fingerprint density at radius 1 is 1.30 bits per heavy atom. The number of carboxylic acid groups (broad SMARTS) is 1. The predicted molar refractivity (Wildman–Crippen MR) is 72.9 cm³/mol. The average molecular weight is 279 g/mol. The van der Waals surface area contributed by atoms with Gasteiger partial charge in [0.25, 0.3) is 0 Å². The molecular weight excluding hydrogens is 261 g/mol. The monoisotopic (exact) mass is 279 g/mol. The van der Waals surface area contributed by atoms with Gasteiger partial charge in [-0.2, -0.15) is 0 Å². The number of carbonyl (C=O) groups is 2. The van der Waals surface area contributed by atoms with Gasteiger partial charge in [0.1, 0.15) is 5.82 Å². The van der Waals surface area contributed by atoms with Crippen molar-refractivity contribution in [3.8, 4) is 0 Å². The summed E-state index contributed by atoms with van der Waals surface area (Å²) < 4.78 is 13.8. The quantitative estimate of drug-likeness (QED) is 0.921. The first-order valence-electron chi connectivity index (χ1n) is 6.83. The van der Waals surface area contributed by atoms with Crippen molar-refractivity contribution in [2.45, 2.75) is 26.2 Å². The molecule has 108 valence electrons. The normalized spacial score (nSPS) is 21.7. The maximum absolute atomic E-state index is 13.8. The number of carbonyl (C=O) groups excluding carboxylic acids is 1. The van der Waals surface area contributed by atoms with Crippen LogP contribution in [0, 0.1) is 17.7 Å². The molecule has 1 saturated carbocycles. The Bertz CT molecular complexity index is 518. The molecule has 0 saturated heterocycles. The highest BCUT2D eigenvalue weighted by Crippen LogP contribution is 2.33. The number of para-hydroxylation sites is 1. The SMILES string of the molecule is CCN(C(=O)C1CCC(C(=O)O)C1)c1ccccc1F. The third kappa shape index (κ3) is 2.81. The number of anilines is 1. The van der Waals surface area contributed by atoms with E-state index in [2.05, 4.69) is 0 Å². The van der Waals surface area contributed by atoms with Gasteiger partial charge in [-0.3, -0.25) is 9.59 Å². The van der Waals surface area contributed by atoms with Gasteiger partial charge in [0.2, 0.25) is 5.91 Å². The van der Waals surface area contributed by atoms with Crippen LogP contribution in [0.2, 0.25) is 0 Å². The molecule has 0 radical (unpaired) electrons. The standard InChI is InChI=1S/C15H18FNO3/c1-2-17(13-6-4-3-5-12(13)16)14(18)10-7-8-11(9-10)15(19)20/h3-6,10-11H,2,7-9H2,1H3,(H,19,20). The summed E-state index contributed by atoms with van der Waals surface area (Å²) in [5.41, 5.74) is 0.263. The minimum atomic E-state index is -0.853. The van der Waals surface area contributed by atoms with Crippen molar-refractivity contribution in [1.29, 1.82) is 0 Å². The fourth-order valence-electron chi connectivity index (χ4n) is 2.77. The van der Waals surface area contributed by atoms with E-state index >= 15 is 0 Å². The molecule has 0 spiro atoms. The van der Waals surface area contributed by atoms with Gasteiger partial charge in [0.15, 0.2) is 0 Å². The number of benzene rings is 1. The largest absolute Gasteiger partial charge is 0.481 e. The second-order valence-corrected chi connectivity index (χ2v) is 5.08. The molecule has 1 aliphatic carbocycles. The van der Waals surface area contributed by atoms with Gasteiger partial charge in [0.05, 0.1) is 11.6 Å². The van der Waals surface area contributed by atoms with Crippen molar-refractivity contribution < 1.29 is 19.1 Å². The lowest BCUT2D eigenvalue weighted by Crippen LogP contribution is -2.36. The van der Waals surface area contributed by atoms with E-state index < -0.39 is 17.7 Å². The molecule has 1 N–H and O–H groups in total. The molecule has 0 aliphatic heterocycles. The molecule has 1 aromatic carbocycles. The van der Waals surface area contributed by atoms with Crippen LogP contribution in [-0.2, 0) is 9.59 Å². The molecule has 2 unspecified atom stereocenters. The Balaban J connectivity index is 2.15. The van der Waals surface area contributed by atoms with E-state index in [1.54, 1.807) is 25.1 Å². The van der Waals surface area contributed by atoms with Crippen molar-refractivity contribution in [3.63, 3.8) is 0 Å². The maximum atomic E-state index is 13.8. The number of aliphatic carboxylic acids is 1. The third-order valence-electron chi connectivity index (χ3n) is 3.86. The van der Waals surface area contributed by atoms with Crippen LogP contribution in [0.15, 0.2) is 24.3 Å². The Kier molecular flexibility index (Phi) is 4.37. The van der Waals surface area contributed by atoms with E-state index in [9.17, 15) is 14.0 Å². The molecule has 5 heteroatoms. The Morgan fingerprint density at radius 2 is 1.95 bits per heavy atom. The fraction of sp³-hybridized carbons (Fsp3) is 0.467. The minimum absolute atomic E-state index is 0.179. The zero-order valence-corrected chi connectivity index (χ0v) is 11.4. The highest BCUT2D eigenvalue weighted by Gasteiger charge is 2.36. The van der Waals surface area contributed by atoms with E-state index in [4.69, 9.17) is 5.11 Å². The van der Waals surface area contributed by atoms with E-state index in [0.29, 0.717) is 25.8 Å². The second-order valence-electron chi connectivity index (χ2n) is 5.08. The van der Waals surface area contributed by atoms with Crippen molar-refractivity contribution >= 4 is 17.6 Å². The van der Waals surface area contributed by atoms with Gasteiger partial charge in [-0.15, -0.1) is 0 Å². The van der Waals surface area contributed by atoms with Gasteiger partial charge in [-0.05, 0) is 38.3 Å². The molecule has 1 aliphatic rings. The number of nitrogens with zero attached hydrogens (tertiary/aromatic N) is 1. The van der Waals surface area contributed by atoms with Crippen molar-refractivity contribution in [2.24, 2.45) is 11.8 Å². The Morgan fingerprint density at radius 3 is 2.50 bits per heavy atom.